The van der Waals surface area contributed by atoms with E-state index in [1.807, 2.05) is 18.2 Å². The Kier molecular flexibility index (Phi) is 6.98. The minimum atomic E-state index is -0.817. The van der Waals surface area contributed by atoms with Crippen LogP contribution in [0.25, 0.3) is 82.1 Å². The zero-order valence-corrected chi connectivity index (χ0v) is 28.0. The molecule has 0 radical (unpaired) electrons. The van der Waals surface area contributed by atoms with Crippen LogP contribution in [-0.2, 0) is 0 Å². The molecule has 0 unspecified atom stereocenters. The fourth-order valence-electron chi connectivity index (χ4n) is 7.69. The Morgan fingerprint density at radius 3 is 1.69 bits per heavy atom. The van der Waals surface area contributed by atoms with Gasteiger partial charge in [-0.25, -0.2) is 0 Å². The SMILES string of the molecule is C\C(O)=C(O)/C(O)=C(\C(O)=C\O)c1cccc(-n2c3ccccc3c3cc4c5ccccc5n(-c5ccc6c(ccc7ccccc76)c5)c4cc32)c1. The minimum Gasteiger partial charge on any atom is -0.512 e. The summed E-state index contributed by atoms with van der Waals surface area (Å²) in [6.07, 6.45) is 0.434. The van der Waals surface area contributed by atoms with E-state index in [0.29, 0.717) is 17.5 Å². The number of rotatable bonds is 5. The van der Waals surface area contributed by atoms with E-state index < -0.39 is 23.0 Å². The van der Waals surface area contributed by atoms with Gasteiger partial charge >= 0.3 is 0 Å². The maximum atomic E-state index is 10.9. The molecule has 252 valence electrons. The highest BCUT2D eigenvalue weighted by molar-refractivity contribution is 6.19. The van der Waals surface area contributed by atoms with E-state index in [9.17, 15) is 25.5 Å². The van der Waals surface area contributed by atoms with Gasteiger partial charge in [0, 0.05) is 32.9 Å². The van der Waals surface area contributed by atoms with E-state index in [1.54, 1.807) is 18.2 Å². The van der Waals surface area contributed by atoms with E-state index in [2.05, 4.69) is 112 Å². The van der Waals surface area contributed by atoms with Crippen LogP contribution < -0.4 is 0 Å². The molecule has 7 heteroatoms. The molecule has 0 aliphatic rings. The fraction of sp³-hybridized carbons (Fsp3) is 0.0222. The fourth-order valence-corrected chi connectivity index (χ4v) is 7.69. The maximum Gasteiger partial charge on any atom is 0.196 e. The van der Waals surface area contributed by atoms with E-state index in [1.165, 1.54) is 23.1 Å². The third kappa shape index (κ3) is 4.60. The lowest BCUT2D eigenvalue weighted by Gasteiger charge is -2.14. The Morgan fingerprint density at radius 1 is 0.462 bits per heavy atom. The summed E-state index contributed by atoms with van der Waals surface area (Å²) < 4.78 is 4.44. The van der Waals surface area contributed by atoms with Gasteiger partial charge in [-0.05, 0) is 82.6 Å². The van der Waals surface area contributed by atoms with E-state index in [-0.39, 0.29) is 5.57 Å². The molecule has 5 N–H and O–H groups in total. The first-order chi connectivity index (χ1) is 25.3. The van der Waals surface area contributed by atoms with Crippen LogP contribution >= 0.6 is 0 Å². The first-order valence-corrected chi connectivity index (χ1v) is 16.9. The van der Waals surface area contributed by atoms with Crippen molar-refractivity contribution in [3.63, 3.8) is 0 Å². The van der Waals surface area contributed by atoms with Gasteiger partial charge in [-0.2, -0.15) is 0 Å². The number of para-hydroxylation sites is 2. The predicted molar refractivity (Wildman–Crippen MR) is 211 cm³/mol. The number of hydrogen-bond acceptors (Lipinski definition) is 5. The van der Waals surface area contributed by atoms with Crippen LogP contribution in [0.1, 0.15) is 12.5 Å². The standard InChI is InChI=1S/C45H32N2O5/c1-26(49)44(51)45(52)43(42(50)25-48)29-10-8-11-30(22-29)46-38-15-6-4-13-34(38)36-23-37-35-14-5-7-16-39(35)47(41(37)24-40(36)46)31-19-20-33-28(21-31)18-17-27-9-2-3-12-32(27)33/h2-25,48-52H,1H3/b42-25-,44-26-,45-43+. The zero-order valence-electron chi connectivity index (χ0n) is 28.0. The second kappa shape index (κ2) is 11.7. The van der Waals surface area contributed by atoms with Crippen molar-refractivity contribution in [1.29, 1.82) is 0 Å². The number of benzene rings is 7. The second-order valence-electron chi connectivity index (χ2n) is 13.0. The smallest absolute Gasteiger partial charge is 0.196 e. The summed E-state index contributed by atoms with van der Waals surface area (Å²) >= 11 is 0. The van der Waals surface area contributed by atoms with Crippen molar-refractivity contribution in [3.05, 3.63) is 174 Å². The van der Waals surface area contributed by atoms with Crippen molar-refractivity contribution in [1.82, 2.24) is 9.13 Å². The largest absolute Gasteiger partial charge is 0.512 e. The van der Waals surface area contributed by atoms with Crippen molar-refractivity contribution in [2.24, 2.45) is 0 Å². The molecule has 7 aromatic carbocycles. The van der Waals surface area contributed by atoms with Gasteiger partial charge in [-0.3, -0.25) is 0 Å². The molecule has 0 saturated carbocycles. The Labute approximate surface area is 297 Å². The van der Waals surface area contributed by atoms with Crippen LogP contribution in [-0.4, -0.2) is 34.7 Å². The van der Waals surface area contributed by atoms with E-state index >= 15 is 0 Å². The van der Waals surface area contributed by atoms with Gasteiger partial charge in [0.25, 0.3) is 0 Å². The number of aromatic nitrogens is 2. The number of nitrogens with zero attached hydrogens (tertiary/aromatic N) is 2. The van der Waals surface area contributed by atoms with Crippen LogP contribution in [0.15, 0.2) is 169 Å². The molecule has 7 nitrogen and oxygen atoms in total. The Balaban J connectivity index is 1.33. The molecule has 9 rings (SSSR count). The molecular weight excluding hydrogens is 649 g/mol. The van der Waals surface area contributed by atoms with E-state index in [0.717, 1.165) is 54.7 Å². The lowest BCUT2D eigenvalue weighted by Crippen LogP contribution is -2.02. The highest BCUT2D eigenvalue weighted by Crippen LogP contribution is 2.41. The number of aliphatic hydroxyl groups is 5. The summed E-state index contributed by atoms with van der Waals surface area (Å²) in [5.74, 6) is -2.82. The molecule has 0 amide bonds. The number of hydrogen-bond donors (Lipinski definition) is 5. The monoisotopic (exact) mass is 680 g/mol. The first kappa shape index (κ1) is 30.9. The summed E-state index contributed by atoms with van der Waals surface area (Å²) in [7, 11) is 0. The average molecular weight is 681 g/mol. The molecule has 9 aromatic rings. The normalized spacial score (nSPS) is 13.4. The Morgan fingerprint density at radius 2 is 1.04 bits per heavy atom. The van der Waals surface area contributed by atoms with Crippen LogP contribution in [0.3, 0.4) is 0 Å². The zero-order chi connectivity index (χ0) is 35.7. The highest BCUT2D eigenvalue weighted by Gasteiger charge is 2.22. The van der Waals surface area contributed by atoms with Crippen LogP contribution in [0.4, 0.5) is 0 Å². The number of allylic oxidation sites excluding steroid dienone is 2. The molecule has 0 bridgehead atoms. The molecule has 0 fully saturated rings. The Bertz CT molecular complexity index is 3030. The highest BCUT2D eigenvalue weighted by atomic mass is 16.3. The van der Waals surface area contributed by atoms with Gasteiger partial charge in [0.2, 0.25) is 0 Å². The third-order valence-corrected chi connectivity index (χ3v) is 10.0. The lowest BCUT2D eigenvalue weighted by molar-refractivity contribution is 0.284. The van der Waals surface area contributed by atoms with Crippen molar-refractivity contribution >= 4 is 70.7 Å². The molecule has 52 heavy (non-hydrogen) atoms. The van der Waals surface area contributed by atoms with Crippen molar-refractivity contribution < 1.29 is 25.5 Å². The number of aliphatic hydroxyl groups excluding tert-OH is 5. The summed E-state index contributed by atoms with van der Waals surface area (Å²) in [6.45, 7) is 1.21. The van der Waals surface area contributed by atoms with Crippen molar-refractivity contribution in [3.8, 4) is 11.4 Å². The van der Waals surface area contributed by atoms with Crippen molar-refractivity contribution in [2.45, 2.75) is 6.92 Å². The first-order valence-electron chi connectivity index (χ1n) is 16.9. The van der Waals surface area contributed by atoms with Gasteiger partial charge in [0.15, 0.2) is 17.3 Å². The predicted octanol–water partition coefficient (Wildman–Crippen LogP) is 11.8. The van der Waals surface area contributed by atoms with Gasteiger partial charge < -0.3 is 34.7 Å². The summed E-state index contributed by atoms with van der Waals surface area (Å²) in [5, 5.41) is 60.7. The minimum absolute atomic E-state index is 0.248. The molecule has 2 heterocycles. The Hall–Kier alpha value is -7.12. The van der Waals surface area contributed by atoms with Gasteiger partial charge in [-0.15, -0.1) is 0 Å². The molecule has 0 atom stereocenters. The molecule has 0 saturated heterocycles. The lowest BCUT2D eigenvalue weighted by atomic mass is 10.0. The summed E-state index contributed by atoms with van der Waals surface area (Å²) in [5.41, 5.74) is 5.81. The molecule has 0 aliphatic carbocycles. The van der Waals surface area contributed by atoms with Crippen molar-refractivity contribution in [2.75, 3.05) is 0 Å². The second-order valence-corrected chi connectivity index (χ2v) is 13.0. The van der Waals surface area contributed by atoms with Crippen LogP contribution in [0, 0.1) is 0 Å². The van der Waals surface area contributed by atoms with Gasteiger partial charge in [0.1, 0.15) is 12.0 Å². The molecular formula is C45H32N2O5. The van der Waals surface area contributed by atoms with Crippen LogP contribution in [0.2, 0.25) is 0 Å². The third-order valence-electron chi connectivity index (χ3n) is 10.0. The maximum absolute atomic E-state index is 10.9. The average Bonchev–Trinajstić information content (AvgIpc) is 3.68. The van der Waals surface area contributed by atoms with E-state index in [4.69, 9.17) is 0 Å². The molecule has 0 aliphatic heterocycles. The van der Waals surface area contributed by atoms with Gasteiger partial charge in [0.05, 0.1) is 27.6 Å². The van der Waals surface area contributed by atoms with Gasteiger partial charge in [-0.1, -0.05) is 91.0 Å². The topological polar surface area (TPSA) is 111 Å². The summed E-state index contributed by atoms with van der Waals surface area (Å²) in [6, 6.07) is 47.6. The quantitative estimate of drug-likeness (QED) is 0.0706. The molecule has 0 spiro atoms. The summed E-state index contributed by atoms with van der Waals surface area (Å²) in [4.78, 5) is 0. The number of fused-ring (bicyclic) bond motifs is 9. The van der Waals surface area contributed by atoms with Crippen LogP contribution in [0.5, 0.6) is 0 Å². The molecule has 2 aromatic heterocycles.